The van der Waals surface area contributed by atoms with E-state index in [4.69, 9.17) is 4.74 Å². The van der Waals surface area contributed by atoms with Crippen molar-refractivity contribution in [2.24, 2.45) is 0 Å². The maximum Gasteiger partial charge on any atom is 0.336 e. The number of anilines is 1. The Morgan fingerprint density at radius 1 is 1.16 bits per heavy atom. The smallest absolute Gasteiger partial charge is 0.336 e. The van der Waals surface area contributed by atoms with Crippen molar-refractivity contribution in [3.05, 3.63) is 86.1 Å². The molecule has 0 saturated heterocycles. The van der Waals surface area contributed by atoms with Crippen LogP contribution in [0.2, 0.25) is 0 Å². The zero-order valence-corrected chi connectivity index (χ0v) is 17.5. The summed E-state index contributed by atoms with van der Waals surface area (Å²) in [5, 5.41) is 4.41. The number of carbonyl (C=O) groups is 1. The Morgan fingerprint density at radius 2 is 1.97 bits per heavy atom. The Morgan fingerprint density at radius 3 is 2.71 bits per heavy atom. The summed E-state index contributed by atoms with van der Waals surface area (Å²) in [6.45, 7) is 1.25. The summed E-state index contributed by atoms with van der Waals surface area (Å²) >= 11 is 1.17. The number of aromatic nitrogens is 2. The van der Waals surface area contributed by atoms with Gasteiger partial charge >= 0.3 is 5.69 Å². The van der Waals surface area contributed by atoms with E-state index in [0.29, 0.717) is 27.2 Å². The number of thiophene rings is 1. The Labute approximate surface area is 180 Å². The molecule has 9 heteroatoms. The first-order valence-electron chi connectivity index (χ1n) is 9.32. The highest BCUT2D eigenvalue weighted by atomic mass is 32.1. The van der Waals surface area contributed by atoms with Crippen molar-refractivity contribution in [2.45, 2.75) is 13.5 Å². The van der Waals surface area contributed by atoms with Crippen LogP contribution in [0.25, 0.3) is 15.9 Å². The number of ether oxygens (including phenoxy) is 1. The number of carbonyl (C=O) groups excluding carboxylic acids is 1. The van der Waals surface area contributed by atoms with Gasteiger partial charge in [0, 0.05) is 11.8 Å². The first-order valence-corrected chi connectivity index (χ1v) is 10.2. The van der Waals surface area contributed by atoms with Gasteiger partial charge in [0.15, 0.2) is 0 Å². The van der Waals surface area contributed by atoms with Crippen molar-refractivity contribution in [1.29, 1.82) is 0 Å². The van der Waals surface area contributed by atoms with E-state index in [1.165, 1.54) is 41.2 Å². The van der Waals surface area contributed by atoms with Gasteiger partial charge in [-0.15, -0.1) is 11.3 Å². The van der Waals surface area contributed by atoms with E-state index in [1.807, 2.05) is 0 Å². The summed E-state index contributed by atoms with van der Waals surface area (Å²) in [6.07, 6.45) is 0. The lowest BCUT2D eigenvalue weighted by atomic mass is 10.2. The second kappa shape index (κ2) is 8.19. The number of aryl methyl sites for hydroxylation is 1. The number of hydrogen-bond donors (Lipinski definition) is 1. The molecular weight excluding hydrogens is 421 g/mol. The minimum atomic E-state index is -0.678. The van der Waals surface area contributed by atoms with E-state index in [9.17, 15) is 18.8 Å². The van der Waals surface area contributed by atoms with E-state index in [-0.39, 0.29) is 12.2 Å². The van der Waals surface area contributed by atoms with Gasteiger partial charge in [0.25, 0.3) is 5.56 Å². The summed E-state index contributed by atoms with van der Waals surface area (Å²) in [4.78, 5) is 38.9. The van der Waals surface area contributed by atoms with Gasteiger partial charge < -0.3 is 10.1 Å². The van der Waals surface area contributed by atoms with E-state index in [2.05, 4.69) is 5.32 Å². The molecule has 2 aromatic carbocycles. The molecule has 4 rings (SSSR count). The quantitative estimate of drug-likeness (QED) is 0.517. The van der Waals surface area contributed by atoms with Crippen LogP contribution in [0.4, 0.5) is 10.1 Å². The second-order valence-electron chi connectivity index (χ2n) is 6.86. The average molecular weight is 439 g/mol. The molecule has 31 heavy (non-hydrogen) atoms. The molecule has 4 aromatic rings. The molecule has 1 N–H and O–H groups in total. The largest absolute Gasteiger partial charge is 0.497 e. The topological polar surface area (TPSA) is 82.3 Å². The standard InChI is InChI=1S/C22H18FN3O4S/c1-13-10-15(6-7-17(13)23)26-21(28)20-18(8-9-31-20)25(22(26)29)12-19(27)24-14-4-3-5-16(11-14)30-2/h3-11H,12H2,1-2H3,(H,24,27). The molecule has 0 aliphatic rings. The summed E-state index contributed by atoms with van der Waals surface area (Å²) in [5.74, 6) is -0.300. The van der Waals surface area contributed by atoms with Crippen molar-refractivity contribution < 1.29 is 13.9 Å². The first-order chi connectivity index (χ1) is 14.9. The third-order valence-corrected chi connectivity index (χ3v) is 5.70. The maximum absolute atomic E-state index is 13.7. The molecule has 158 valence electrons. The predicted molar refractivity (Wildman–Crippen MR) is 118 cm³/mol. The molecule has 0 aliphatic carbocycles. The number of nitrogens with zero attached hydrogens (tertiary/aromatic N) is 2. The van der Waals surface area contributed by atoms with Gasteiger partial charge in [-0.3, -0.25) is 14.2 Å². The van der Waals surface area contributed by atoms with Crippen LogP contribution in [-0.2, 0) is 11.3 Å². The third kappa shape index (κ3) is 3.87. The van der Waals surface area contributed by atoms with Gasteiger partial charge in [0.2, 0.25) is 5.91 Å². The fraction of sp³-hybridized carbons (Fsp3) is 0.136. The normalized spacial score (nSPS) is 10.9. The highest BCUT2D eigenvalue weighted by Crippen LogP contribution is 2.19. The highest BCUT2D eigenvalue weighted by Gasteiger charge is 2.18. The Hall–Kier alpha value is -3.72. The summed E-state index contributed by atoms with van der Waals surface area (Å²) in [6, 6.07) is 12.5. The molecule has 0 spiro atoms. The van der Waals surface area contributed by atoms with Crippen LogP contribution < -0.4 is 21.3 Å². The molecule has 0 atom stereocenters. The van der Waals surface area contributed by atoms with Crippen molar-refractivity contribution in [3.63, 3.8) is 0 Å². The molecule has 0 fully saturated rings. The second-order valence-corrected chi connectivity index (χ2v) is 7.77. The fourth-order valence-electron chi connectivity index (χ4n) is 3.28. The van der Waals surface area contributed by atoms with Gasteiger partial charge in [-0.25, -0.2) is 13.8 Å². The van der Waals surface area contributed by atoms with Crippen LogP contribution in [0, 0.1) is 12.7 Å². The van der Waals surface area contributed by atoms with Gasteiger partial charge in [-0.2, -0.15) is 0 Å². The first kappa shape index (κ1) is 20.5. The lowest BCUT2D eigenvalue weighted by molar-refractivity contribution is -0.116. The SMILES string of the molecule is COc1cccc(NC(=O)Cn2c(=O)n(-c3ccc(F)c(C)c3)c(=O)c3sccc32)c1. The zero-order valence-electron chi connectivity index (χ0n) is 16.7. The molecule has 0 saturated carbocycles. The molecule has 1 amide bonds. The molecule has 0 bridgehead atoms. The number of halogens is 1. The van der Waals surface area contributed by atoms with Gasteiger partial charge in [-0.1, -0.05) is 6.07 Å². The minimum Gasteiger partial charge on any atom is -0.497 e. The Kier molecular flexibility index (Phi) is 5.43. The van der Waals surface area contributed by atoms with Crippen molar-refractivity contribution >= 4 is 33.1 Å². The minimum absolute atomic E-state index is 0.242. The molecule has 2 heterocycles. The Bertz CT molecular complexity index is 1420. The van der Waals surface area contributed by atoms with Crippen LogP contribution in [-0.4, -0.2) is 22.2 Å². The van der Waals surface area contributed by atoms with Crippen molar-refractivity contribution in [2.75, 3.05) is 12.4 Å². The maximum atomic E-state index is 13.7. The van der Waals surface area contributed by atoms with Crippen molar-refractivity contribution in [1.82, 2.24) is 9.13 Å². The molecular formula is C22H18FN3O4S. The lowest BCUT2D eigenvalue weighted by Gasteiger charge is -2.13. The van der Waals surface area contributed by atoms with E-state index in [1.54, 1.807) is 42.6 Å². The number of amides is 1. The third-order valence-electron chi connectivity index (χ3n) is 4.81. The summed E-state index contributed by atoms with van der Waals surface area (Å²) < 4.78 is 21.4. The molecule has 7 nitrogen and oxygen atoms in total. The molecule has 0 aliphatic heterocycles. The summed E-state index contributed by atoms with van der Waals surface area (Å²) in [5.41, 5.74) is 0.244. The number of benzene rings is 2. The van der Waals surface area contributed by atoms with Crippen LogP contribution in [0.1, 0.15) is 5.56 Å². The van der Waals surface area contributed by atoms with Crippen LogP contribution in [0.5, 0.6) is 5.75 Å². The molecule has 0 radical (unpaired) electrons. The number of nitrogens with one attached hydrogen (secondary N) is 1. The zero-order chi connectivity index (χ0) is 22.1. The average Bonchev–Trinajstić information content (AvgIpc) is 3.24. The highest BCUT2D eigenvalue weighted by molar-refractivity contribution is 7.17. The van der Waals surface area contributed by atoms with Gasteiger partial charge in [-0.05, 0) is 54.3 Å². The van der Waals surface area contributed by atoms with E-state index >= 15 is 0 Å². The van der Waals surface area contributed by atoms with E-state index < -0.39 is 23.0 Å². The summed E-state index contributed by atoms with van der Waals surface area (Å²) in [7, 11) is 1.52. The number of rotatable bonds is 5. The molecule has 2 aromatic heterocycles. The number of fused-ring (bicyclic) bond motifs is 1. The van der Waals surface area contributed by atoms with Crippen LogP contribution in [0.3, 0.4) is 0 Å². The van der Waals surface area contributed by atoms with Crippen molar-refractivity contribution in [3.8, 4) is 11.4 Å². The Balaban J connectivity index is 1.78. The van der Waals surface area contributed by atoms with Crippen LogP contribution >= 0.6 is 11.3 Å². The number of hydrogen-bond acceptors (Lipinski definition) is 5. The number of methoxy groups -OCH3 is 1. The predicted octanol–water partition coefficient (Wildman–Crippen LogP) is 3.31. The van der Waals surface area contributed by atoms with Gasteiger partial charge in [0.05, 0.1) is 18.3 Å². The van der Waals surface area contributed by atoms with Gasteiger partial charge in [0.1, 0.15) is 22.8 Å². The van der Waals surface area contributed by atoms with Crippen LogP contribution in [0.15, 0.2) is 63.5 Å². The fourth-order valence-corrected chi connectivity index (χ4v) is 4.10. The van der Waals surface area contributed by atoms with E-state index in [0.717, 1.165) is 4.57 Å². The monoisotopic (exact) mass is 439 g/mol. The molecule has 0 unspecified atom stereocenters. The lowest BCUT2D eigenvalue weighted by Crippen LogP contribution is -2.40.